The van der Waals surface area contributed by atoms with E-state index in [0.717, 1.165) is 11.1 Å². The Bertz CT molecular complexity index is 692. The zero-order chi connectivity index (χ0) is 21.0. The summed E-state index contributed by atoms with van der Waals surface area (Å²) in [5, 5.41) is 10.9. The van der Waals surface area contributed by atoms with E-state index in [2.05, 4.69) is 40.4 Å². The van der Waals surface area contributed by atoms with Crippen LogP contribution in [0, 0.1) is 13.8 Å². The van der Waals surface area contributed by atoms with Gasteiger partial charge in [0.2, 0.25) is 0 Å². The first-order valence-electron chi connectivity index (χ1n) is 9.29. The molecule has 0 heterocycles. The van der Waals surface area contributed by atoms with Crippen LogP contribution in [0.2, 0.25) is 18.1 Å². The van der Waals surface area contributed by atoms with Crippen molar-refractivity contribution in [3.05, 3.63) is 35.4 Å². The van der Waals surface area contributed by atoms with Crippen molar-refractivity contribution in [2.75, 3.05) is 25.2 Å². The minimum atomic E-state index is -1.89. The molecule has 1 aromatic carbocycles. The second kappa shape index (κ2) is 8.93. The molecule has 1 N–H and O–H groups in total. The monoisotopic (exact) mass is 393 g/mol. The number of carbonyl (C=O) groups excluding carboxylic acids is 1. The highest BCUT2D eigenvalue weighted by Gasteiger charge is 2.37. The molecule has 27 heavy (non-hydrogen) atoms. The summed E-state index contributed by atoms with van der Waals surface area (Å²) in [7, 11) is -0.545. The Morgan fingerprint density at radius 1 is 1.33 bits per heavy atom. The van der Waals surface area contributed by atoms with E-state index in [1.807, 2.05) is 19.9 Å². The first kappa shape index (κ1) is 23.2. The molecule has 0 aliphatic heterocycles. The lowest BCUT2D eigenvalue weighted by Gasteiger charge is -2.36. The number of aromatic hydroxyl groups is 1. The highest BCUT2D eigenvalue weighted by atomic mass is 28.4. The van der Waals surface area contributed by atoms with Gasteiger partial charge in [-0.05, 0) is 49.2 Å². The van der Waals surface area contributed by atoms with Crippen molar-refractivity contribution in [2.24, 2.45) is 0 Å². The molecule has 6 heteroatoms. The van der Waals surface area contributed by atoms with Crippen molar-refractivity contribution < 1.29 is 19.1 Å². The minimum Gasteiger partial charge on any atom is -0.507 e. The number of methoxy groups -OCH3 is 1. The lowest BCUT2D eigenvalue weighted by molar-refractivity contribution is 0.179. The standard InChI is InChI=1S/C21H35NO4Si/c1-10-12-22(20(24)25-7)18-14-15(2)16(3)19(23)17(18)11-13-26-27(8,9)21(4,5)6/h10,14,23H,1,11-13H2,2-9H3. The first-order valence-corrected chi connectivity index (χ1v) is 12.2. The van der Waals surface area contributed by atoms with E-state index >= 15 is 0 Å². The van der Waals surface area contributed by atoms with Gasteiger partial charge < -0.3 is 14.3 Å². The molecule has 0 fully saturated rings. The maximum Gasteiger partial charge on any atom is 0.414 e. The van der Waals surface area contributed by atoms with Gasteiger partial charge in [0.15, 0.2) is 8.32 Å². The van der Waals surface area contributed by atoms with Crippen LogP contribution in [0.1, 0.15) is 37.5 Å². The molecule has 0 saturated carbocycles. The van der Waals surface area contributed by atoms with Crippen LogP contribution in [0.5, 0.6) is 5.75 Å². The van der Waals surface area contributed by atoms with Crippen LogP contribution >= 0.6 is 0 Å². The molecule has 0 saturated heterocycles. The number of ether oxygens (including phenoxy) is 1. The number of anilines is 1. The number of amides is 1. The van der Waals surface area contributed by atoms with E-state index in [1.165, 1.54) is 12.0 Å². The number of hydrogen-bond donors (Lipinski definition) is 1. The van der Waals surface area contributed by atoms with Gasteiger partial charge in [-0.25, -0.2) is 4.79 Å². The Morgan fingerprint density at radius 2 is 1.93 bits per heavy atom. The number of rotatable bonds is 7. The number of phenols is 1. The fourth-order valence-electron chi connectivity index (χ4n) is 2.56. The number of aryl methyl sites for hydroxylation is 1. The van der Waals surface area contributed by atoms with Gasteiger partial charge in [0.05, 0.1) is 12.8 Å². The second-order valence-electron chi connectivity index (χ2n) is 8.39. The average Bonchev–Trinajstić information content (AvgIpc) is 2.57. The third-order valence-electron chi connectivity index (χ3n) is 5.51. The average molecular weight is 394 g/mol. The molecule has 0 aliphatic carbocycles. The number of nitrogens with zero attached hydrogens (tertiary/aromatic N) is 1. The van der Waals surface area contributed by atoms with Crippen LogP contribution in [-0.4, -0.2) is 39.8 Å². The predicted molar refractivity (Wildman–Crippen MR) is 114 cm³/mol. The fourth-order valence-corrected chi connectivity index (χ4v) is 3.60. The van der Waals surface area contributed by atoms with Crippen LogP contribution in [0.25, 0.3) is 0 Å². The molecule has 0 aliphatic rings. The zero-order valence-electron chi connectivity index (χ0n) is 18.1. The molecule has 0 bridgehead atoms. The summed E-state index contributed by atoms with van der Waals surface area (Å²) in [6.07, 6.45) is 1.67. The quantitative estimate of drug-likeness (QED) is 0.502. The molecule has 0 spiro atoms. The molecule has 1 rings (SSSR count). The summed E-state index contributed by atoms with van der Waals surface area (Å²) in [5.74, 6) is 0.210. The molecule has 1 amide bonds. The molecule has 1 aromatic rings. The van der Waals surface area contributed by atoms with E-state index in [1.54, 1.807) is 6.08 Å². The van der Waals surface area contributed by atoms with Gasteiger partial charge in [0.1, 0.15) is 5.75 Å². The third kappa shape index (κ3) is 5.36. The van der Waals surface area contributed by atoms with Crippen molar-refractivity contribution in [3.8, 4) is 5.75 Å². The maximum absolute atomic E-state index is 12.3. The number of hydrogen-bond acceptors (Lipinski definition) is 4. The van der Waals surface area contributed by atoms with Crippen molar-refractivity contribution in [1.82, 2.24) is 0 Å². The first-order chi connectivity index (χ1) is 12.4. The van der Waals surface area contributed by atoms with Crippen molar-refractivity contribution in [2.45, 2.75) is 59.2 Å². The highest BCUT2D eigenvalue weighted by Crippen LogP contribution is 2.38. The molecule has 0 radical (unpaired) electrons. The smallest absolute Gasteiger partial charge is 0.414 e. The van der Waals surface area contributed by atoms with Crippen LogP contribution < -0.4 is 4.90 Å². The molecule has 152 valence electrons. The van der Waals surface area contributed by atoms with Crippen molar-refractivity contribution >= 4 is 20.1 Å². The van der Waals surface area contributed by atoms with E-state index in [-0.39, 0.29) is 10.8 Å². The van der Waals surface area contributed by atoms with Crippen LogP contribution in [0.15, 0.2) is 18.7 Å². The van der Waals surface area contributed by atoms with Crippen molar-refractivity contribution in [1.29, 1.82) is 0 Å². The molecule has 5 nitrogen and oxygen atoms in total. The van der Waals surface area contributed by atoms with Gasteiger partial charge in [-0.3, -0.25) is 4.90 Å². The van der Waals surface area contributed by atoms with Crippen LogP contribution in [-0.2, 0) is 15.6 Å². The Morgan fingerprint density at radius 3 is 2.41 bits per heavy atom. The van der Waals surface area contributed by atoms with E-state index in [9.17, 15) is 9.90 Å². The summed E-state index contributed by atoms with van der Waals surface area (Å²) in [4.78, 5) is 13.8. The van der Waals surface area contributed by atoms with E-state index in [0.29, 0.717) is 30.8 Å². The minimum absolute atomic E-state index is 0.113. The Kier molecular flexibility index (Phi) is 7.69. The van der Waals surface area contributed by atoms with E-state index in [4.69, 9.17) is 9.16 Å². The van der Waals surface area contributed by atoms with Gasteiger partial charge in [0.25, 0.3) is 0 Å². The second-order valence-corrected chi connectivity index (χ2v) is 13.2. The summed E-state index contributed by atoms with van der Waals surface area (Å²) < 4.78 is 11.2. The Labute approximate surface area is 165 Å². The van der Waals surface area contributed by atoms with E-state index < -0.39 is 14.4 Å². The third-order valence-corrected chi connectivity index (χ3v) is 10.1. The summed E-state index contributed by atoms with van der Waals surface area (Å²) in [6.45, 7) is 19.3. The van der Waals surface area contributed by atoms with Gasteiger partial charge in [-0.15, -0.1) is 6.58 Å². The van der Waals surface area contributed by atoms with Crippen LogP contribution in [0.4, 0.5) is 10.5 Å². The molecular formula is C21H35NO4Si. The van der Waals surface area contributed by atoms with Gasteiger partial charge in [-0.2, -0.15) is 0 Å². The SMILES string of the molecule is C=CCN(C(=O)OC)c1cc(C)c(C)c(O)c1CCO[Si](C)(C)C(C)(C)C. The summed E-state index contributed by atoms with van der Waals surface area (Å²) in [5.41, 5.74) is 3.06. The topological polar surface area (TPSA) is 59.0 Å². The fraction of sp³-hybridized carbons (Fsp3) is 0.571. The largest absolute Gasteiger partial charge is 0.507 e. The lowest BCUT2D eigenvalue weighted by Crippen LogP contribution is -2.41. The maximum atomic E-state index is 12.3. The number of benzene rings is 1. The van der Waals surface area contributed by atoms with Gasteiger partial charge in [-0.1, -0.05) is 26.8 Å². The number of phenolic OH excluding ortho intramolecular Hbond substituents is 1. The Balaban J connectivity index is 3.26. The molecule has 0 aromatic heterocycles. The van der Waals surface area contributed by atoms with Gasteiger partial charge in [0, 0.05) is 25.1 Å². The van der Waals surface area contributed by atoms with Crippen molar-refractivity contribution in [3.63, 3.8) is 0 Å². The molecular weight excluding hydrogens is 358 g/mol. The Hall–Kier alpha value is -1.79. The van der Waals surface area contributed by atoms with Crippen LogP contribution in [0.3, 0.4) is 0 Å². The number of carbonyl (C=O) groups is 1. The normalized spacial score (nSPS) is 12.0. The zero-order valence-corrected chi connectivity index (χ0v) is 19.1. The van der Waals surface area contributed by atoms with Gasteiger partial charge >= 0.3 is 6.09 Å². The summed E-state index contributed by atoms with van der Waals surface area (Å²) >= 11 is 0. The lowest BCUT2D eigenvalue weighted by atomic mass is 9.99. The molecule has 0 unspecified atom stereocenters. The summed E-state index contributed by atoms with van der Waals surface area (Å²) in [6, 6.07) is 1.91. The highest BCUT2D eigenvalue weighted by molar-refractivity contribution is 6.74. The molecule has 0 atom stereocenters. The predicted octanol–water partition coefficient (Wildman–Crippen LogP) is 5.33.